The molecule has 0 saturated heterocycles. The third-order valence-corrected chi connectivity index (χ3v) is 4.60. The van der Waals surface area contributed by atoms with Gasteiger partial charge in [-0.15, -0.1) is 0 Å². The molecule has 0 aliphatic heterocycles. The average Bonchev–Trinajstić information content (AvgIpc) is 2.39. The van der Waals surface area contributed by atoms with E-state index in [1.807, 2.05) is 0 Å². The van der Waals surface area contributed by atoms with Crippen LogP contribution in [0.3, 0.4) is 0 Å². The van der Waals surface area contributed by atoms with Crippen molar-refractivity contribution in [3.05, 3.63) is 54.1 Å². The summed E-state index contributed by atoms with van der Waals surface area (Å²) in [7, 11) is -7.67. The molecule has 0 aliphatic rings. The number of benzene rings is 2. The molecule has 0 atom stereocenters. The number of rotatable bonds is 5. The largest absolute Gasteiger partial charge is 0.284 e. The minimum Gasteiger partial charge on any atom is -0.284 e. The molecule has 0 spiro atoms. The lowest BCUT2D eigenvalue weighted by Crippen LogP contribution is -2.14. The fraction of sp³-hybridized carbons (Fsp3) is 0.0769. The smallest absolute Gasteiger partial charge is 0.262 e. The summed E-state index contributed by atoms with van der Waals surface area (Å²) in [5.41, 5.74) is 0.210. The van der Waals surface area contributed by atoms with Gasteiger partial charge in [0.2, 0.25) is 10.0 Å². The maximum Gasteiger partial charge on any atom is 0.262 e. The second-order valence-electron chi connectivity index (χ2n) is 4.64. The Morgan fingerprint density at radius 3 is 2.00 bits per heavy atom. The zero-order valence-electron chi connectivity index (χ0n) is 11.7. The fourth-order valence-corrected chi connectivity index (χ4v) is 3.33. The van der Waals surface area contributed by atoms with Gasteiger partial charge in [0.15, 0.2) is 11.6 Å². The first kappa shape index (κ1) is 17.2. The van der Waals surface area contributed by atoms with Crippen LogP contribution in [0.25, 0.3) is 0 Å². The van der Waals surface area contributed by atoms with Crippen LogP contribution < -0.4 is 9.44 Å². The van der Waals surface area contributed by atoms with E-state index in [4.69, 9.17) is 0 Å². The Bertz CT molecular complexity index is 944. The Hall–Kier alpha value is -2.20. The summed E-state index contributed by atoms with van der Waals surface area (Å²) in [4.78, 5) is -0.460. The number of hydrogen-bond acceptors (Lipinski definition) is 4. The van der Waals surface area contributed by atoms with Crippen molar-refractivity contribution in [1.29, 1.82) is 0 Å². The molecule has 6 nitrogen and oxygen atoms in total. The van der Waals surface area contributed by atoms with Crippen molar-refractivity contribution in [3.8, 4) is 0 Å². The molecule has 2 N–H and O–H groups in total. The van der Waals surface area contributed by atoms with Crippen molar-refractivity contribution in [2.45, 2.75) is 4.90 Å². The molecule has 0 aromatic heterocycles. The summed E-state index contributed by atoms with van der Waals surface area (Å²) in [6.45, 7) is 0. The second kappa shape index (κ2) is 6.13. The molecule has 0 unspecified atom stereocenters. The predicted molar refractivity (Wildman–Crippen MR) is 82.1 cm³/mol. The molecule has 124 valence electrons. The van der Waals surface area contributed by atoms with Crippen LogP contribution in [0, 0.1) is 11.6 Å². The van der Waals surface area contributed by atoms with Crippen molar-refractivity contribution in [3.63, 3.8) is 0 Å². The SMILES string of the molecule is CS(=O)(=O)Nc1cccc(NS(=O)(=O)c2ccc(F)c(F)c2)c1. The predicted octanol–water partition coefficient (Wildman–Crippen LogP) is 2.14. The van der Waals surface area contributed by atoms with E-state index in [0.29, 0.717) is 12.1 Å². The molecule has 2 aromatic rings. The minimum atomic E-state index is -4.15. The standard InChI is InChI=1S/C13H12F2N2O4S2/c1-22(18,19)16-9-3-2-4-10(7-9)17-23(20,21)11-5-6-12(14)13(15)8-11/h2-8,16-17H,1H3. The van der Waals surface area contributed by atoms with Crippen LogP contribution in [0.4, 0.5) is 20.2 Å². The van der Waals surface area contributed by atoms with Gasteiger partial charge in [-0.25, -0.2) is 25.6 Å². The first-order chi connectivity index (χ1) is 10.6. The van der Waals surface area contributed by atoms with Gasteiger partial charge < -0.3 is 0 Å². The highest BCUT2D eigenvalue weighted by atomic mass is 32.2. The van der Waals surface area contributed by atoms with E-state index in [1.54, 1.807) is 0 Å². The van der Waals surface area contributed by atoms with Crippen molar-refractivity contribution >= 4 is 31.4 Å². The van der Waals surface area contributed by atoms with E-state index in [0.717, 1.165) is 12.3 Å². The first-order valence-corrected chi connectivity index (χ1v) is 9.50. The monoisotopic (exact) mass is 362 g/mol. The second-order valence-corrected chi connectivity index (χ2v) is 8.07. The van der Waals surface area contributed by atoms with Gasteiger partial charge in [0.05, 0.1) is 22.5 Å². The Morgan fingerprint density at radius 2 is 1.43 bits per heavy atom. The van der Waals surface area contributed by atoms with Gasteiger partial charge in [-0.1, -0.05) is 6.07 Å². The fourth-order valence-electron chi connectivity index (χ4n) is 1.72. The molecule has 10 heteroatoms. The molecule has 0 heterocycles. The molecule has 23 heavy (non-hydrogen) atoms. The van der Waals surface area contributed by atoms with Gasteiger partial charge in [0.1, 0.15) is 0 Å². The Balaban J connectivity index is 2.30. The van der Waals surface area contributed by atoms with E-state index in [9.17, 15) is 25.6 Å². The third-order valence-electron chi connectivity index (χ3n) is 2.62. The molecular weight excluding hydrogens is 350 g/mol. The average molecular weight is 362 g/mol. The molecule has 0 bridgehead atoms. The van der Waals surface area contributed by atoms with Crippen LogP contribution in [0.2, 0.25) is 0 Å². The van der Waals surface area contributed by atoms with Gasteiger partial charge in [-0.3, -0.25) is 9.44 Å². The Labute approximate surface area is 132 Å². The van der Waals surface area contributed by atoms with E-state index < -0.39 is 36.6 Å². The van der Waals surface area contributed by atoms with Gasteiger partial charge in [0.25, 0.3) is 10.0 Å². The van der Waals surface area contributed by atoms with Gasteiger partial charge in [0, 0.05) is 0 Å². The summed E-state index contributed by atoms with van der Waals surface area (Å²) in [6.07, 6.45) is 0.950. The van der Waals surface area contributed by atoms with Crippen LogP contribution in [0.15, 0.2) is 47.4 Å². The van der Waals surface area contributed by atoms with Crippen molar-refractivity contribution in [2.75, 3.05) is 15.7 Å². The zero-order valence-corrected chi connectivity index (χ0v) is 13.4. The third kappa shape index (κ3) is 4.63. The number of sulfonamides is 2. The molecule has 2 rings (SSSR count). The maximum atomic E-state index is 13.2. The minimum absolute atomic E-state index is 0.0587. The highest BCUT2D eigenvalue weighted by Gasteiger charge is 2.17. The molecule has 0 radical (unpaired) electrons. The lowest BCUT2D eigenvalue weighted by atomic mass is 10.3. The molecular formula is C13H12F2N2O4S2. The summed E-state index contributed by atoms with van der Waals surface area (Å²) < 4.78 is 76.9. The van der Waals surface area contributed by atoms with Crippen LogP contribution in [-0.4, -0.2) is 23.1 Å². The van der Waals surface area contributed by atoms with Crippen LogP contribution in [0.5, 0.6) is 0 Å². The zero-order chi connectivity index (χ0) is 17.3. The van der Waals surface area contributed by atoms with Gasteiger partial charge >= 0.3 is 0 Å². The first-order valence-electron chi connectivity index (χ1n) is 6.12. The quantitative estimate of drug-likeness (QED) is 0.852. The van der Waals surface area contributed by atoms with Crippen LogP contribution >= 0.6 is 0 Å². The summed E-state index contributed by atoms with van der Waals surface area (Å²) in [5.74, 6) is -2.45. The number of hydrogen-bond donors (Lipinski definition) is 2. The summed E-state index contributed by atoms with van der Waals surface area (Å²) >= 11 is 0. The van der Waals surface area contributed by atoms with E-state index >= 15 is 0 Å². The number of nitrogens with one attached hydrogen (secondary N) is 2. The van der Waals surface area contributed by atoms with Gasteiger partial charge in [-0.2, -0.15) is 0 Å². The lowest BCUT2D eigenvalue weighted by Gasteiger charge is -2.10. The van der Waals surface area contributed by atoms with E-state index in [2.05, 4.69) is 9.44 Å². The normalized spacial score (nSPS) is 12.0. The molecule has 0 aliphatic carbocycles. The lowest BCUT2D eigenvalue weighted by molar-refractivity contribution is 0.504. The molecule has 0 amide bonds. The van der Waals surface area contributed by atoms with Gasteiger partial charge in [-0.05, 0) is 36.4 Å². The number of halogens is 2. The highest BCUT2D eigenvalue weighted by Crippen LogP contribution is 2.21. The van der Waals surface area contributed by atoms with E-state index in [-0.39, 0.29) is 11.4 Å². The number of anilines is 2. The molecule has 0 fully saturated rings. The maximum absolute atomic E-state index is 13.2. The van der Waals surface area contributed by atoms with E-state index in [1.165, 1.54) is 24.3 Å². The van der Waals surface area contributed by atoms with Crippen LogP contribution in [0.1, 0.15) is 0 Å². The van der Waals surface area contributed by atoms with Crippen molar-refractivity contribution in [1.82, 2.24) is 0 Å². The summed E-state index contributed by atoms with van der Waals surface area (Å²) in [6, 6.07) is 7.65. The van der Waals surface area contributed by atoms with Crippen LogP contribution in [-0.2, 0) is 20.0 Å². The highest BCUT2D eigenvalue weighted by molar-refractivity contribution is 7.92. The molecule has 0 saturated carbocycles. The topological polar surface area (TPSA) is 92.3 Å². The summed E-state index contributed by atoms with van der Waals surface area (Å²) in [5, 5.41) is 0. The Kier molecular flexibility index (Phi) is 4.57. The van der Waals surface area contributed by atoms with Crippen molar-refractivity contribution in [2.24, 2.45) is 0 Å². The molecule has 2 aromatic carbocycles. The van der Waals surface area contributed by atoms with Crippen molar-refractivity contribution < 1.29 is 25.6 Å². The Morgan fingerprint density at radius 1 is 0.826 bits per heavy atom.